The second kappa shape index (κ2) is 8.26. The van der Waals surface area contributed by atoms with Crippen LogP contribution in [0.5, 0.6) is 0 Å². The minimum Gasteiger partial charge on any atom is -0.247 e. The van der Waals surface area contributed by atoms with Gasteiger partial charge in [0, 0.05) is 6.42 Å². The van der Waals surface area contributed by atoms with Crippen molar-refractivity contribution in [2.75, 3.05) is 0 Å². The van der Waals surface area contributed by atoms with E-state index in [1.807, 2.05) is 0 Å². The first-order valence-corrected chi connectivity index (χ1v) is 11.5. The summed E-state index contributed by atoms with van der Waals surface area (Å²) in [6.45, 7) is 0. The van der Waals surface area contributed by atoms with Gasteiger partial charge in [-0.25, -0.2) is 8.78 Å². The van der Waals surface area contributed by atoms with E-state index in [4.69, 9.17) is 0 Å². The van der Waals surface area contributed by atoms with E-state index in [9.17, 15) is 8.78 Å². The molecule has 0 aliphatic heterocycles. The summed E-state index contributed by atoms with van der Waals surface area (Å²) in [6, 6.07) is 0. The molecule has 0 aromatic carbocycles. The van der Waals surface area contributed by atoms with Crippen molar-refractivity contribution in [2.45, 2.75) is 109 Å². The lowest BCUT2D eigenvalue weighted by Gasteiger charge is -2.42. The first-order chi connectivity index (χ1) is 12.2. The van der Waals surface area contributed by atoms with E-state index in [-0.39, 0.29) is 12.3 Å². The van der Waals surface area contributed by atoms with Crippen LogP contribution < -0.4 is 0 Å². The van der Waals surface area contributed by atoms with E-state index in [1.54, 1.807) is 0 Å². The first-order valence-electron chi connectivity index (χ1n) is 11.5. The van der Waals surface area contributed by atoms with E-state index in [2.05, 4.69) is 0 Å². The van der Waals surface area contributed by atoms with Crippen molar-refractivity contribution in [1.82, 2.24) is 0 Å². The van der Waals surface area contributed by atoms with Crippen molar-refractivity contribution in [3.63, 3.8) is 0 Å². The molecule has 0 heterocycles. The van der Waals surface area contributed by atoms with Crippen LogP contribution in [0.15, 0.2) is 0 Å². The average molecular weight is 353 g/mol. The maximum absolute atomic E-state index is 14.3. The van der Waals surface area contributed by atoms with Gasteiger partial charge in [0.05, 0.1) is 0 Å². The summed E-state index contributed by atoms with van der Waals surface area (Å²) >= 11 is 0. The van der Waals surface area contributed by atoms with E-state index in [0.717, 1.165) is 30.1 Å². The van der Waals surface area contributed by atoms with Crippen LogP contribution in [0.4, 0.5) is 8.78 Å². The third kappa shape index (κ3) is 4.24. The Kier molecular flexibility index (Phi) is 6.02. The fraction of sp³-hybridized carbons (Fsp3) is 1.00. The second-order valence-corrected chi connectivity index (χ2v) is 9.98. The molecular weight excluding hydrogens is 314 g/mol. The molecule has 0 bridgehead atoms. The molecule has 3 atom stereocenters. The largest absolute Gasteiger partial charge is 0.247 e. The fourth-order valence-corrected chi connectivity index (χ4v) is 7.18. The lowest BCUT2D eigenvalue weighted by atomic mass is 9.64. The zero-order valence-electron chi connectivity index (χ0n) is 16.0. The van der Waals surface area contributed by atoms with Gasteiger partial charge in [0.15, 0.2) is 0 Å². The Morgan fingerprint density at radius 1 is 0.440 bits per heavy atom. The summed E-state index contributed by atoms with van der Waals surface area (Å²) in [5.41, 5.74) is 0. The Bertz CT molecular complexity index is 400. The monoisotopic (exact) mass is 352 g/mol. The molecule has 4 rings (SSSR count). The molecule has 4 saturated carbocycles. The quantitative estimate of drug-likeness (QED) is 0.501. The van der Waals surface area contributed by atoms with Gasteiger partial charge >= 0.3 is 0 Å². The molecule has 3 unspecified atom stereocenters. The van der Waals surface area contributed by atoms with E-state index < -0.39 is 12.3 Å². The number of hydrogen-bond acceptors (Lipinski definition) is 0. The minimum absolute atomic E-state index is 0.172. The Morgan fingerprint density at radius 3 is 1.36 bits per heavy atom. The van der Waals surface area contributed by atoms with E-state index >= 15 is 0 Å². The Morgan fingerprint density at radius 2 is 0.880 bits per heavy atom. The topological polar surface area (TPSA) is 0 Å². The third-order valence-electron chi connectivity index (χ3n) is 8.73. The SMILES string of the molecule is FC1CCC(C2CCC(C3CCC(C4CCCC4)CC3)CC2)C(F)C1. The maximum Gasteiger partial charge on any atom is 0.106 e. The highest BCUT2D eigenvalue weighted by Gasteiger charge is 2.39. The molecule has 0 saturated heterocycles. The molecule has 0 nitrogen and oxygen atoms in total. The lowest BCUT2D eigenvalue weighted by molar-refractivity contribution is 0.0368. The predicted octanol–water partition coefficient (Wildman–Crippen LogP) is 7.27. The summed E-state index contributed by atoms with van der Waals surface area (Å²) in [4.78, 5) is 0. The molecule has 0 radical (unpaired) electrons. The molecule has 0 aromatic heterocycles. The predicted molar refractivity (Wildman–Crippen MR) is 100.0 cm³/mol. The highest BCUT2D eigenvalue weighted by Crippen LogP contribution is 2.48. The van der Waals surface area contributed by atoms with Crippen LogP contribution in [0, 0.1) is 35.5 Å². The molecule has 0 amide bonds. The number of rotatable bonds is 3. The summed E-state index contributed by atoms with van der Waals surface area (Å²) in [6.07, 6.45) is 16.8. The van der Waals surface area contributed by atoms with Crippen molar-refractivity contribution in [2.24, 2.45) is 35.5 Å². The summed E-state index contributed by atoms with van der Waals surface area (Å²) in [5.74, 6) is 4.69. The number of halogens is 2. The third-order valence-corrected chi connectivity index (χ3v) is 8.73. The normalized spacial score (nSPS) is 47.0. The second-order valence-electron chi connectivity index (χ2n) is 9.98. The highest BCUT2D eigenvalue weighted by atomic mass is 19.1. The molecule has 2 heteroatoms. The van der Waals surface area contributed by atoms with Crippen molar-refractivity contribution in [1.29, 1.82) is 0 Å². The summed E-state index contributed by atoms with van der Waals surface area (Å²) < 4.78 is 27.7. The van der Waals surface area contributed by atoms with Gasteiger partial charge in [0.25, 0.3) is 0 Å². The van der Waals surface area contributed by atoms with Crippen molar-refractivity contribution in [3.05, 3.63) is 0 Å². The molecular formula is C23H38F2. The van der Waals surface area contributed by atoms with Crippen LogP contribution in [0.1, 0.15) is 96.3 Å². The molecule has 4 fully saturated rings. The minimum atomic E-state index is -0.877. The van der Waals surface area contributed by atoms with Gasteiger partial charge in [-0.1, -0.05) is 25.7 Å². The smallest absolute Gasteiger partial charge is 0.106 e. The van der Waals surface area contributed by atoms with Crippen LogP contribution in [0.25, 0.3) is 0 Å². The lowest BCUT2D eigenvalue weighted by Crippen LogP contribution is -2.35. The fourth-order valence-electron chi connectivity index (χ4n) is 7.18. The zero-order valence-corrected chi connectivity index (χ0v) is 16.0. The van der Waals surface area contributed by atoms with Gasteiger partial charge in [-0.2, -0.15) is 0 Å². The number of alkyl halides is 2. The van der Waals surface area contributed by atoms with Crippen LogP contribution >= 0.6 is 0 Å². The van der Waals surface area contributed by atoms with Gasteiger partial charge in [-0.3, -0.25) is 0 Å². The zero-order chi connectivity index (χ0) is 17.2. The molecule has 25 heavy (non-hydrogen) atoms. The average Bonchev–Trinajstić information content (AvgIpc) is 3.17. The first kappa shape index (κ1) is 18.2. The Balaban J connectivity index is 1.21. The Labute approximate surface area is 153 Å². The van der Waals surface area contributed by atoms with Gasteiger partial charge in [0.1, 0.15) is 12.3 Å². The summed E-state index contributed by atoms with van der Waals surface area (Å²) in [5, 5.41) is 0. The van der Waals surface area contributed by atoms with Crippen molar-refractivity contribution in [3.8, 4) is 0 Å². The van der Waals surface area contributed by atoms with Gasteiger partial charge in [-0.15, -0.1) is 0 Å². The molecule has 0 aromatic rings. The van der Waals surface area contributed by atoms with E-state index in [1.165, 1.54) is 77.0 Å². The molecule has 144 valence electrons. The van der Waals surface area contributed by atoms with Crippen LogP contribution in [0.3, 0.4) is 0 Å². The number of hydrogen-bond donors (Lipinski definition) is 0. The van der Waals surface area contributed by atoms with Crippen LogP contribution in [-0.4, -0.2) is 12.3 Å². The standard InChI is InChI=1S/C23H38F2/c24-21-13-14-22(23(25)15-21)20-11-9-19(10-12-20)18-7-5-17(6-8-18)16-3-1-2-4-16/h16-23H,1-15H2. The molecule has 0 spiro atoms. The Hall–Kier alpha value is -0.140. The van der Waals surface area contributed by atoms with Gasteiger partial charge < -0.3 is 0 Å². The van der Waals surface area contributed by atoms with E-state index in [0.29, 0.717) is 12.3 Å². The maximum atomic E-state index is 14.3. The molecule has 0 N–H and O–H groups in total. The van der Waals surface area contributed by atoms with Crippen molar-refractivity contribution >= 4 is 0 Å². The van der Waals surface area contributed by atoms with Crippen molar-refractivity contribution < 1.29 is 8.78 Å². The summed E-state index contributed by atoms with van der Waals surface area (Å²) in [7, 11) is 0. The molecule has 4 aliphatic carbocycles. The van der Waals surface area contributed by atoms with Gasteiger partial charge in [0.2, 0.25) is 0 Å². The van der Waals surface area contributed by atoms with Gasteiger partial charge in [-0.05, 0) is 99.7 Å². The van der Waals surface area contributed by atoms with Crippen LogP contribution in [0.2, 0.25) is 0 Å². The highest BCUT2D eigenvalue weighted by molar-refractivity contribution is 4.90. The molecule has 4 aliphatic rings. The van der Waals surface area contributed by atoms with Crippen LogP contribution in [-0.2, 0) is 0 Å².